The van der Waals surface area contributed by atoms with E-state index in [1.54, 1.807) is 6.92 Å². The van der Waals surface area contributed by atoms with Crippen LogP contribution in [0.15, 0.2) is 46.1 Å². The first-order chi connectivity index (χ1) is 9.63. The second-order valence-electron chi connectivity index (χ2n) is 4.92. The summed E-state index contributed by atoms with van der Waals surface area (Å²) in [6, 6.07) is 9.79. The topological polar surface area (TPSA) is 39.4 Å². The summed E-state index contributed by atoms with van der Waals surface area (Å²) in [5.41, 5.74) is 2.74. The fourth-order valence-corrected chi connectivity index (χ4v) is 2.69. The lowest BCUT2D eigenvalue weighted by atomic mass is 9.99. The highest BCUT2D eigenvalue weighted by atomic mass is 16.5. The van der Waals surface area contributed by atoms with Crippen molar-refractivity contribution in [2.75, 3.05) is 0 Å². The van der Waals surface area contributed by atoms with Crippen LogP contribution in [0.2, 0.25) is 0 Å². The molecule has 0 saturated heterocycles. The molecular weight excluding hydrogens is 252 g/mol. The fraction of sp³-hybridized carbons (Fsp3) is 0.235. The molecular formula is C17H16O3. The third-order valence-electron chi connectivity index (χ3n) is 3.71. The fourth-order valence-electron chi connectivity index (χ4n) is 2.69. The van der Waals surface area contributed by atoms with Crippen LogP contribution in [0, 0.1) is 6.92 Å². The minimum Gasteiger partial charge on any atom is -0.480 e. The Balaban J connectivity index is 2.16. The van der Waals surface area contributed by atoms with Gasteiger partial charge in [0.1, 0.15) is 23.2 Å². The highest BCUT2D eigenvalue weighted by Crippen LogP contribution is 2.45. The third-order valence-corrected chi connectivity index (χ3v) is 3.71. The Bertz CT molecular complexity index is 726. The molecule has 1 aliphatic heterocycles. The Kier molecular flexibility index (Phi) is 2.97. The van der Waals surface area contributed by atoms with Crippen LogP contribution in [-0.2, 0) is 6.42 Å². The summed E-state index contributed by atoms with van der Waals surface area (Å²) in [5, 5.41) is 0. The summed E-state index contributed by atoms with van der Waals surface area (Å²) in [5.74, 6) is 1.26. The summed E-state index contributed by atoms with van der Waals surface area (Å²) in [4.78, 5) is 12.1. The van der Waals surface area contributed by atoms with Crippen LogP contribution in [0.4, 0.5) is 0 Å². The van der Waals surface area contributed by atoms with Crippen LogP contribution in [0.25, 0.3) is 5.57 Å². The number of benzene rings is 1. The molecule has 1 aromatic heterocycles. The van der Waals surface area contributed by atoms with Gasteiger partial charge in [-0.15, -0.1) is 0 Å². The summed E-state index contributed by atoms with van der Waals surface area (Å²) in [7, 11) is 0. The number of hydrogen-bond acceptors (Lipinski definition) is 3. The second kappa shape index (κ2) is 4.67. The molecule has 0 radical (unpaired) electrons. The zero-order valence-electron chi connectivity index (χ0n) is 11.6. The molecule has 0 bridgehead atoms. The van der Waals surface area contributed by atoms with E-state index in [2.05, 4.69) is 6.58 Å². The molecule has 20 heavy (non-hydrogen) atoms. The monoisotopic (exact) mass is 268 g/mol. The van der Waals surface area contributed by atoms with Crippen LogP contribution in [-0.4, -0.2) is 0 Å². The SMILES string of the molecule is C=C1c2c(c(CC)c(C)oc2=O)OC1c1ccccc1. The number of rotatable bonds is 2. The van der Waals surface area contributed by atoms with Crippen molar-refractivity contribution in [1.82, 2.24) is 0 Å². The maximum absolute atomic E-state index is 12.1. The number of ether oxygens (including phenoxy) is 1. The van der Waals surface area contributed by atoms with Gasteiger partial charge in [0.15, 0.2) is 0 Å². The number of hydrogen-bond donors (Lipinski definition) is 0. The average molecular weight is 268 g/mol. The lowest BCUT2D eigenvalue weighted by Gasteiger charge is -2.13. The quantitative estimate of drug-likeness (QED) is 0.834. The molecule has 1 aromatic carbocycles. The van der Waals surface area contributed by atoms with E-state index in [0.29, 0.717) is 22.6 Å². The molecule has 0 aliphatic carbocycles. The largest absolute Gasteiger partial charge is 0.480 e. The molecule has 3 nitrogen and oxygen atoms in total. The van der Waals surface area contributed by atoms with Crippen LogP contribution in [0.1, 0.15) is 35.5 Å². The van der Waals surface area contributed by atoms with E-state index in [9.17, 15) is 4.79 Å². The lowest BCUT2D eigenvalue weighted by molar-refractivity contribution is 0.278. The molecule has 2 heterocycles. The maximum Gasteiger partial charge on any atom is 0.347 e. The summed E-state index contributed by atoms with van der Waals surface area (Å²) in [6.45, 7) is 7.85. The van der Waals surface area contributed by atoms with Gasteiger partial charge in [0.25, 0.3) is 0 Å². The van der Waals surface area contributed by atoms with E-state index in [4.69, 9.17) is 9.15 Å². The Hall–Kier alpha value is -2.29. The van der Waals surface area contributed by atoms with Crippen LogP contribution in [0.3, 0.4) is 0 Å². The van der Waals surface area contributed by atoms with Crippen LogP contribution < -0.4 is 10.4 Å². The smallest absolute Gasteiger partial charge is 0.347 e. The second-order valence-corrected chi connectivity index (χ2v) is 4.92. The molecule has 0 spiro atoms. The van der Waals surface area contributed by atoms with Crippen molar-refractivity contribution in [2.24, 2.45) is 0 Å². The molecule has 1 unspecified atom stereocenters. The highest BCUT2D eigenvalue weighted by molar-refractivity contribution is 5.77. The van der Waals surface area contributed by atoms with Gasteiger partial charge in [0.05, 0.1) is 0 Å². The van der Waals surface area contributed by atoms with Crippen molar-refractivity contribution in [3.05, 3.63) is 69.8 Å². The number of fused-ring (bicyclic) bond motifs is 1. The van der Waals surface area contributed by atoms with Gasteiger partial charge in [-0.05, 0) is 18.9 Å². The van der Waals surface area contributed by atoms with Crippen molar-refractivity contribution >= 4 is 5.57 Å². The predicted molar refractivity (Wildman–Crippen MR) is 77.9 cm³/mol. The minimum atomic E-state index is -0.363. The zero-order valence-corrected chi connectivity index (χ0v) is 11.6. The van der Waals surface area contributed by atoms with Crippen molar-refractivity contribution in [3.8, 4) is 5.75 Å². The van der Waals surface area contributed by atoms with E-state index in [1.807, 2.05) is 37.3 Å². The predicted octanol–water partition coefficient (Wildman–Crippen LogP) is 3.66. The third kappa shape index (κ3) is 1.78. The molecule has 0 saturated carbocycles. The molecule has 0 amide bonds. The van der Waals surface area contributed by atoms with E-state index >= 15 is 0 Å². The van der Waals surface area contributed by atoms with Crippen molar-refractivity contribution < 1.29 is 9.15 Å². The maximum atomic E-state index is 12.1. The standard InChI is InChI=1S/C17H16O3/c1-4-13-11(3)19-17(18)14-10(2)15(20-16(13)14)12-8-6-5-7-9-12/h5-9,15H,2,4H2,1,3H3. The van der Waals surface area contributed by atoms with Crippen molar-refractivity contribution in [2.45, 2.75) is 26.4 Å². The molecule has 3 rings (SSSR count). The van der Waals surface area contributed by atoms with E-state index in [-0.39, 0.29) is 11.7 Å². The van der Waals surface area contributed by atoms with Crippen molar-refractivity contribution in [1.29, 1.82) is 0 Å². The zero-order chi connectivity index (χ0) is 14.3. The van der Waals surface area contributed by atoms with E-state index < -0.39 is 0 Å². The normalized spacial score (nSPS) is 16.9. The van der Waals surface area contributed by atoms with Gasteiger partial charge in [-0.3, -0.25) is 0 Å². The summed E-state index contributed by atoms with van der Waals surface area (Å²) in [6.07, 6.45) is 0.452. The van der Waals surface area contributed by atoms with E-state index in [0.717, 1.165) is 17.5 Å². The van der Waals surface area contributed by atoms with Crippen LogP contribution >= 0.6 is 0 Å². The molecule has 3 heteroatoms. The Morgan fingerprint density at radius 2 is 1.95 bits per heavy atom. The van der Waals surface area contributed by atoms with E-state index in [1.165, 1.54) is 0 Å². The molecule has 102 valence electrons. The van der Waals surface area contributed by atoms with Gasteiger partial charge in [-0.1, -0.05) is 43.8 Å². The number of aryl methyl sites for hydroxylation is 1. The first-order valence-corrected chi connectivity index (χ1v) is 6.70. The average Bonchev–Trinajstić information content (AvgIpc) is 2.78. The van der Waals surface area contributed by atoms with Crippen LogP contribution in [0.5, 0.6) is 5.75 Å². The van der Waals surface area contributed by atoms with Gasteiger partial charge in [-0.2, -0.15) is 0 Å². The first-order valence-electron chi connectivity index (χ1n) is 6.70. The van der Waals surface area contributed by atoms with Gasteiger partial charge < -0.3 is 9.15 Å². The molecule has 1 aliphatic rings. The van der Waals surface area contributed by atoms with Crippen molar-refractivity contribution in [3.63, 3.8) is 0 Å². The van der Waals surface area contributed by atoms with Gasteiger partial charge >= 0.3 is 5.63 Å². The van der Waals surface area contributed by atoms with Gasteiger partial charge in [0.2, 0.25) is 0 Å². The van der Waals surface area contributed by atoms with Gasteiger partial charge in [0, 0.05) is 11.1 Å². The molecule has 0 N–H and O–H groups in total. The molecule has 0 fully saturated rings. The Morgan fingerprint density at radius 3 is 2.60 bits per heavy atom. The Morgan fingerprint density at radius 1 is 1.25 bits per heavy atom. The first kappa shape index (κ1) is 12.7. The van der Waals surface area contributed by atoms with Gasteiger partial charge in [-0.25, -0.2) is 4.79 Å². The summed E-state index contributed by atoms with van der Waals surface area (Å²) < 4.78 is 11.3. The molecule has 1 atom stereocenters. The molecule has 2 aromatic rings. The summed E-state index contributed by atoms with van der Waals surface area (Å²) >= 11 is 0. The highest BCUT2D eigenvalue weighted by Gasteiger charge is 2.34. The minimum absolute atomic E-state index is 0.304. The lowest BCUT2D eigenvalue weighted by Crippen LogP contribution is -2.07. The Labute approximate surface area is 117 Å².